The van der Waals surface area contributed by atoms with Gasteiger partial charge >= 0.3 is 20.7 Å². The number of hydrogen-bond donors (Lipinski definition) is 1. The highest BCUT2D eigenvalue weighted by Gasteiger charge is 2.47. The first-order valence-electron chi connectivity index (χ1n) is 12.4. The van der Waals surface area contributed by atoms with Crippen molar-refractivity contribution in [1.82, 2.24) is 0 Å². The number of carbonyl (C=O) groups is 3. The van der Waals surface area contributed by atoms with Gasteiger partial charge in [-0.2, -0.15) is 0 Å². The van der Waals surface area contributed by atoms with Crippen LogP contribution in [0.1, 0.15) is 74.7 Å². The standard InChI is InChI=1S/C24H46BrNO8Si/c1-9-32-35(33-10-2,34-11-3)16-12-14-30-21(29)24(8,25)18-23(7,19(4)27)17-22(5,6)20(28)31-15-13-26/h9-18,26H2,1-8H3/p+1. The van der Waals surface area contributed by atoms with Gasteiger partial charge in [0.1, 0.15) is 23.3 Å². The minimum atomic E-state index is -2.81. The molecule has 0 aliphatic rings. The van der Waals surface area contributed by atoms with E-state index in [1.54, 1.807) is 27.7 Å². The van der Waals surface area contributed by atoms with E-state index in [1.165, 1.54) is 6.92 Å². The van der Waals surface area contributed by atoms with Crippen molar-refractivity contribution in [3.8, 4) is 0 Å². The molecule has 0 aliphatic heterocycles. The van der Waals surface area contributed by atoms with E-state index in [1.807, 2.05) is 20.8 Å². The van der Waals surface area contributed by atoms with Crippen LogP contribution in [-0.2, 0) is 37.1 Å². The molecule has 2 atom stereocenters. The second-order valence-corrected chi connectivity index (χ2v) is 14.2. The number of ketones is 1. The van der Waals surface area contributed by atoms with Crippen LogP contribution in [-0.4, -0.2) is 70.4 Å². The summed E-state index contributed by atoms with van der Waals surface area (Å²) in [5.74, 6) is -0.980. The molecule has 0 saturated heterocycles. The number of esters is 2. The molecule has 0 aromatic carbocycles. The molecule has 0 spiro atoms. The molecule has 0 bridgehead atoms. The zero-order chi connectivity index (χ0) is 27.3. The summed E-state index contributed by atoms with van der Waals surface area (Å²) in [4.78, 5) is 38.1. The SMILES string of the molecule is CCO[Si](CCCOC(=O)C(C)(Br)CC(C)(CC(C)(C)C(=O)OCC[NH3+])C(C)=O)(OCC)OCC. The van der Waals surface area contributed by atoms with Crippen LogP contribution in [0.2, 0.25) is 6.04 Å². The van der Waals surface area contributed by atoms with E-state index in [9.17, 15) is 14.4 Å². The maximum Gasteiger partial charge on any atom is 0.501 e. The minimum absolute atomic E-state index is 0.116. The molecule has 11 heteroatoms. The van der Waals surface area contributed by atoms with Crippen molar-refractivity contribution in [1.29, 1.82) is 0 Å². The van der Waals surface area contributed by atoms with E-state index in [0.717, 1.165) is 0 Å². The van der Waals surface area contributed by atoms with Gasteiger partial charge in [0.05, 0.1) is 12.0 Å². The van der Waals surface area contributed by atoms with E-state index >= 15 is 0 Å². The van der Waals surface area contributed by atoms with Gasteiger partial charge in [-0.1, -0.05) is 22.9 Å². The largest absolute Gasteiger partial charge is 0.501 e. The zero-order valence-electron chi connectivity index (χ0n) is 22.9. The van der Waals surface area contributed by atoms with Crippen molar-refractivity contribution < 1.29 is 42.9 Å². The first kappa shape index (κ1) is 34.1. The van der Waals surface area contributed by atoms with Gasteiger partial charge in [0.25, 0.3) is 0 Å². The first-order chi connectivity index (χ1) is 16.1. The fraction of sp³-hybridized carbons (Fsp3) is 0.875. The first-order valence-corrected chi connectivity index (χ1v) is 15.1. The molecule has 0 fully saturated rings. The highest BCUT2D eigenvalue weighted by molar-refractivity contribution is 9.10. The molecule has 9 nitrogen and oxygen atoms in total. The molecule has 0 rings (SSSR count). The third-order valence-electron chi connectivity index (χ3n) is 5.71. The normalized spacial score (nSPS) is 15.7. The quantitative estimate of drug-likeness (QED) is 0.106. The lowest BCUT2D eigenvalue weighted by atomic mass is 9.68. The minimum Gasteiger partial charge on any atom is -0.465 e. The van der Waals surface area contributed by atoms with Crippen LogP contribution in [0.25, 0.3) is 0 Å². The number of halogens is 1. The smallest absolute Gasteiger partial charge is 0.465 e. The highest BCUT2D eigenvalue weighted by atomic mass is 79.9. The number of quaternary nitrogens is 1. The van der Waals surface area contributed by atoms with Gasteiger partial charge in [-0.05, 0) is 67.7 Å². The molecule has 0 saturated carbocycles. The van der Waals surface area contributed by atoms with Gasteiger partial charge in [0.2, 0.25) is 0 Å². The molecule has 0 aromatic heterocycles. The molecule has 2 unspecified atom stereocenters. The molecular weight excluding hydrogens is 538 g/mol. The van der Waals surface area contributed by atoms with Gasteiger partial charge < -0.3 is 28.5 Å². The zero-order valence-corrected chi connectivity index (χ0v) is 25.5. The average Bonchev–Trinajstić information content (AvgIpc) is 2.74. The lowest BCUT2D eigenvalue weighted by molar-refractivity contribution is -0.372. The number of ether oxygens (including phenoxy) is 2. The van der Waals surface area contributed by atoms with Crippen molar-refractivity contribution in [2.45, 2.75) is 85.0 Å². The molecule has 35 heavy (non-hydrogen) atoms. The van der Waals surface area contributed by atoms with E-state index in [2.05, 4.69) is 21.7 Å². The number of Topliss-reactive ketones (excluding diaryl/α,β-unsaturated/α-hetero) is 1. The summed E-state index contributed by atoms with van der Waals surface area (Å²) < 4.78 is 27.2. The van der Waals surface area contributed by atoms with E-state index in [0.29, 0.717) is 38.8 Å². The molecule has 0 heterocycles. The van der Waals surface area contributed by atoms with Gasteiger partial charge in [0.15, 0.2) is 0 Å². The third-order valence-corrected chi connectivity index (χ3v) is 9.47. The maximum absolute atomic E-state index is 12.9. The molecule has 0 aliphatic carbocycles. The summed E-state index contributed by atoms with van der Waals surface area (Å²) in [6, 6.07) is 0.531. The Balaban J connectivity index is 5.22. The van der Waals surface area contributed by atoms with Crippen molar-refractivity contribution in [3.63, 3.8) is 0 Å². The Labute approximate surface area is 220 Å². The van der Waals surface area contributed by atoms with Crippen LogP contribution < -0.4 is 5.73 Å². The molecule has 0 aromatic rings. The van der Waals surface area contributed by atoms with Crippen molar-refractivity contribution in [2.24, 2.45) is 10.8 Å². The van der Waals surface area contributed by atoms with Crippen LogP contribution in [0.5, 0.6) is 0 Å². The lowest BCUT2D eigenvalue weighted by Crippen LogP contribution is -2.53. The fourth-order valence-corrected chi connectivity index (χ4v) is 7.44. The Bertz CT molecular complexity index is 671. The third kappa shape index (κ3) is 11.4. The lowest BCUT2D eigenvalue weighted by Gasteiger charge is -2.38. The fourth-order valence-electron chi connectivity index (χ4n) is 4.13. The Morgan fingerprint density at radius 1 is 0.829 bits per heavy atom. The summed E-state index contributed by atoms with van der Waals surface area (Å²) in [7, 11) is -2.81. The molecule has 0 radical (unpaired) electrons. The average molecular weight is 586 g/mol. The second-order valence-electron chi connectivity index (χ2n) is 9.76. The van der Waals surface area contributed by atoms with Crippen molar-refractivity contribution in [3.05, 3.63) is 0 Å². The van der Waals surface area contributed by atoms with Crippen LogP contribution >= 0.6 is 15.9 Å². The van der Waals surface area contributed by atoms with Crippen LogP contribution in [0.15, 0.2) is 0 Å². The molecule has 3 N–H and O–H groups in total. The molecule has 0 amide bonds. The monoisotopic (exact) mass is 584 g/mol. The topological polar surface area (TPSA) is 125 Å². The highest BCUT2D eigenvalue weighted by Crippen LogP contribution is 2.44. The summed E-state index contributed by atoms with van der Waals surface area (Å²) in [6.45, 7) is 16.4. The summed E-state index contributed by atoms with van der Waals surface area (Å²) in [5, 5.41) is 0. The van der Waals surface area contributed by atoms with Gasteiger partial charge in [-0.15, -0.1) is 0 Å². The van der Waals surface area contributed by atoms with Gasteiger partial charge in [-0.25, -0.2) is 0 Å². The van der Waals surface area contributed by atoms with Crippen molar-refractivity contribution >= 4 is 42.5 Å². The summed E-state index contributed by atoms with van der Waals surface area (Å²) >= 11 is 3.49. The van der Waals surface area contributed by atoms with Crippen LogP contribution in [0, 0.1) is 10.8 Å². The van der Waals surface area contributed by atoms with Gasteiger partial charge in [0, 0.05) is 31.3 Å². The summed E-state index contributed by atoms with van der Waals surface area (Å²) in [6.07, 6.45) is 0.914. The second kappa shape index (κ2) is 15.4. The number of rotatable bonds is 19. The Morgan fingerprint density at radius 3 is 1.74 bits per heavy atom. The Hall–Kier alpha value is -0.853. The van der Waals surface area contributed by atoms with E-state index in [4.69, 9.17) is 22.8 Å². The number of hydrogen-bond acceptors (Lipinski definition) is 8. The Kier molecular flexibility index (Phi) is 15.0. The summed E-state index contributed by atoms with van der Waals surface area (Å²) in [5.41, 5.74) is 1.81. The maximum atomic E-state index is 12.9. The van der Waals surface area contributed by atoms with Crippen LogP contribution in [0.3, 0.4) is 0 Å². The molecular formula is C24H47BrNO8Si+. The van der Waals surface area contributed by atoms with Crippen LogP contribution in [0.4, 0.5) is 0 Å². The molecule has 206 valence electrons. The van der Waals surface area contributed by atoms with Crippen molar-refractivity contribution in [2.75, 3.05) is 39.6 Å². The van der Waals surface area contributed by atoms with E-state index in [-0.39, 0.29) is 31.8 Å². The predicted molar refractivity (Wildman–Crippen MR) is 139 cm³/mol. The Morgan fingerprint density at radius 2 is 1.31 bits per heavy atom. The van der Waals surface area contributed by atoms with Gasteiger partial charge in [-0.3, -0.25) is 14.4 Å². The number of alkyl halides is 1. The van der Waals surface area contributed by atoms with E-state index < -0.39 is 35.9 Å². The predicted octanol–water partition coefficient (Wildman–Crippen LogP) is 3.31. The number of carbonyl (C=O) groups excluding carboxylic acids is 3.